The average molecular weight is 284 g/mol. The highest BCUT2D eigenvalue weighted by Gasteiger charge is 2.31. The maximum Gasteiger partial charge on any atom is 0.176 e. The van der Waals surface area contributed by atoms with E-state index in [4.69, 9.17) is 0 Å². The number of fused-ring (bicyclic) bond motifs is 1. The second-order valence-corrected chi connectivity index (χ2v) is 6.80. The molecule has 4 rings (SSSR count). The summed E-state index contributed by atoms with van der Waals surface area (Å²) in [6.45, 7) is 4.97. The van der Waals surface area contributed by atoms with Gasteiger partial charge in [-0.05, 0) is 49.3 Å². The monoisotopic (exact) mass is 284 g/mol. The highest BCUT2D eigenvalue weighted by atomic mass is 16.1. The Hall–Kier alpha value is -1.19. The summed E-state index contributed by atoms with van der Waals surface area (Å²) in [5.74, 6) is 0.296. The molecule has 0 N–H and O–H groups in total. The first-order valence-corrected chi connectivity index (χ1v) is 8.41. The molecule has 3 heteroatoms. The molecule has 1 aromatic rings. The van der Waals surface area contributed by atoms with Gasteiger partial charge in [0, 0.05) is 37.8 Å². The van der Waals surface area contributed by atoms with Crippen LogP contribution < -0.4 is 0 Å². The lowest BCUT2D eigenvalue weighted by Crippen LogP contribution is -2.48. The molecular weight excluding hydrogens is 260 g/mol. The van der Waals surface area contributed by atoms with Crippen molar-refractivity contribution in [2.24, 2.45) is 0 Å². The quantitative estimate of drug-likeness (QED) is 0.792. The van der Waals surface area contributed by atoms with Crippen LogP contribution in [0.15, 0.2) is 18.2 Å². The molecule has 21 heavy (non-hydrogen) atoms. The van der Waals surface area contributed by atoms with Crippen molar-refractivity contribution in [2.75, 3.05) is 32.7 Å². The number of benzene rings is 1. The molecular formula is C18H24N2O. The third-order valence-corrected chi connectivity index (χ3v) is 5.26. The van der Waals surface area contributed by atoms with Gasteiger partial charge in [0.25, 0.3) is 0 Å². The fourth-order valence-electron chi connectivity index (χ4n) is 3.77. The predicted octanol–water partition coefficient (Wildman–Crippen LogP) is 2.14. The summed E-state index contributed by atoms with van der Waals surface area (Å²) in [6.07, 6.45) is 6.35. The molecule has 0 bridgehead atoms. The molecule has 0 radical (unpaired) electrons. The SMILES string of the molecule is O=C(CN1CCN(C2CC2)CC1)c1ccc2c(c1)CCC2. The summed E-state index contributed by atoms with van der Waals surface area (Å²) in [6, 6.07) is 7.21. The Bertz CT molecular complexity index is 542. The van der Waals surface area contributed by atoms with Crippen molar-refractivity contribution in [3.8, 4) is 0 Å². The molecule has 0 unspecified atom stereocenters. The van der Waals surface area contributed by atoms with Gasteiger partial charge in [-0.25, -0.2) is 0 Å². The van der Waals surface area contributed by atoms with E-state index < -0.39 is 0 Å². The summed E-state index contributed by atoms with van der Waals surface area (Å²) in [7, 11) is 0. The first kappa shape index (κ1) is 13.5. The van der Waals surface area contributed by atoms with Gasteiger partial charge >= 0.3 is 0 Å². The molecule has 0 atom stereocenters. The fourth-order valence-corrected chi connectivity index (χ4v) is 3.77. The van der Waals surface area contributed by atoms with Crippen LogP contribution in [0.2, 0.25) is 0 Å². The van der Waals surface area contributed by atoms with Crippen LogP contribution in [0.4, 0.5) is 0 Å². The van der Waals surface area contributed by atoms with Crippen LogP contribution in [0, 0.1) is 0 Å². The lowest BCUT2D eigenvalue weighted by atomic mass is 10.0. The van der Waals surface area contributed by atoms with E-state index in [-0.39, 0.29) is 0 Å². The number of hydrogen-bond acceptors (Lipinski definition) is 3. The largest absolute Gasteiger partial charge is 0.298 e. The summed E-state index contributed by atoms with van der Waals surface area (Å²) in [5.41, 5.74) is 3.77. The van der Waals surface area contributed by atoms with Crippen LogP contribution in [-0.2, 0) is 12.8 Å². The lowest BCUT2D eigenvalue weighted by Gasteiger charge is -2.34. The summed E-state index contributed by atoms with van der Waals surface area (Å²) in [5, 5.41) is 0. The van der Waals surface area contributed by atoms with Gasteiger partial charge in [-0.15, -0.1) is 0 Å². The second-order valence-electron chi connectivity index (χ2n) is 6.80. The number of ketones is 1. The van der Waals surface area contributed by atoms with Gasteiger partial charge < -0.3 is 0 Å². The molecule has 3 nitrogen and oxygen atoms in total. The number of rotatable bonds is 4. The molecule has 0 amide bonds. The van der Waals surface area contributed by atoms with Gasteiger partial charge in [-0.1, -0.05) is 12.1 Å². The van der Waals surface area contributed by atoms with Crippen molar-refractivity contribution < 1.29 is 4.79 Å². The van der Waals surface area contributed by atoms with Gasteiger partial charge in [-0.3, -0.25) is 14.6 Å². The first-order valence-electron chi connectivity index (χ1n) is 8.41. The standard InChI is InChI=1S/C18H24N2O/c21-18(16-5-4-14-2-1-3-15(14)12-16)13-19-8-10-20(11-9-19)17-6-7-17/h4-5,12,17H,1-3,6-11,13H2. The molecule has 1 aliphatic heterocycles. The normalized spacial score (nSPS) is 23.2. The van der Waals surface area contributed by atoms with Gasteiger partial charge in [0.2, 0.25) is 0 Å². The van der Waals surface area contributed by atoms with E-state index >= 15 is 0 Å². The maximum absolute atomic E-state index is 12.5. The number of carbonyl (C=O) groups excluding carboxylic acids is 1. The number of nitrogens with zero attached hydrogens (tertiary/aromatic N) is 2. The van der Waals surface area contributed by atoms with Crippen LogP contribution in [0.3, 0.4) is 0 Å². The van der Waals surface area contributed by atoms with Gasteiger partial charge in [0.15, 0.2) is 5.78 Å². The Balaban J connectivity index is 1.35. The predicted molar refractivity (Wildman–Crippen MR) is 83.8 cm³/mol. The average Bonchev–Trinajstić information content (AvgIpc) is 3.25. The molecule has 2 aliphatic carbocycles. The van der Waals surface area contributed by atoms with E-state index in [0.29, 0.717) is 12.3 Å². The fraction of sp³-hybridized carbons (Fsp3) is 0.611. The number of piperazine rings is 1. The van der Waals surface area contributed by atoms with Gasteiger partial charge in [-0.2, -0.15) is 0 Å². The molecule has 1 saturated carbocycles. The Kier molecular flexibility index (Phi) is 3.56. The second kappa shape index (κ2) is 5.54. The van der Waals surface area contributed by atoms with E-state index in [1.807, 2.05) is 6.07 Å². The van der Waals surface area contributed by atoms with Gasteiger partial charge in [0.05, 0.1) is 6.54 Å². The molecule has 1 saturated heterocycles. The Morgan fingerprint density at radius 1 is 1.05 bits per heavy atom. The molecule has 0 aromatic heterocycles. The Labute approximate surface area is 126 Å². The number of Topliss-reactive ketones (excluding diaryl/α,β-unsaturated/α-hetero) is 1. The van der Waals surface area contributed by atoms with Crippen molar-refractivity contribution in [2.45, 2.75) is 38.1 Å². The highest BCUT2D eigenvalue weighted by molar-refractivity contribution is 5.97. The van der Waals surface area contributed by atoms with Crippen LogP contribution >= 0.6 is 0 Å². The zero-order valence-corrected chi connectivity index (χ0v) is 12.7. The molecule has 2 fully saturated rings. The minimum Gasteiger partial charge on any atom is -0.298 e. The minimum atomic E-state index is 0.296. The van der Waals surface area contributed by atoms with Crippen molar-refractivity contribution in [3.63, 3.8) is 0 Å². The first-order chi connectivity index (χ1) is 10.3. The highest BCUT2D eigenvalue weighted by Crippen LogP contribution is 2.27. The smallest absolute Gasteiger partial charge is 0.176 e. The molecule has 112 valence electrons. The van der Waals surface area contributed by atoms with Crippen molar-refractivity contribution in [1.82, 2.24) is 9.80 Å². The molecule has 3 aliphatic rings. The molecule has 0 spiro atoms. The third-order valence-electron chi connectivity index (χ3n) is 5.26. The lowest BCUT2D eigenvalue weighted by molar-refractivity contribution is 0.0843. The summed E-state index contributed by atoms with van der Waals surface area (Å²) < 4.78 is 0. The van der Waals surface area contributed by atoms with Crippen LogP contribution in [0.5, 0.6) is 0 Å². The zero-order valence-electron chi connectivity index (χ0n) is 12.7. The zero-order chi connectivity index (χ0) is 14.2. The number of carbonyl (C=O) groups is 1. The van der Waals surface area contributed by atoms with Crippen LogP contribution in [0.1, 0.15) is 40.7 Å². The maximum atomic E-state index is 12.5. The van der Waals surface area contributed by atoms with E-state index in [2.05, 4.69) is 21.9 Å². The van der Waals surface area contributed by atoms with Crippen LogP contribution in [0.25, 0.3) is 0 Å². The van der Waals surface area contributed by atoms with Gasteiger partial charge in [0.1, 0.15) is 0 Å². The molecule has 1 heterocycles. The molecule has 1 aromatic carbocycles. The van der Waals surface area contributed by atoms with E-state index in [0.717, 1.165) is 44.2 Å². The number of aryl methyl sites for hydroxylation is 2. The van der Waals surface area contributed by atoms with Crippen molar-refractivity contribution >= 4 is 5.78 Å². The van der Waals surface area contributed by atoms with Crippen molar-refractivity contribution in [1.29, 1.82) is 0 Å². The summed E-state index contributed by atoms with van der Waals surface area (Å²) in [4.78, 5) is 17.4. The summed E-state index contributed by atoms with van der Waals surface area (Å²) >= 11 is 0. The van der Waals surface area contributed by atoms with E-state index in [1.165, 1.54) is 36.8 Å². The Morgan fingerprint density at radius 2 is 1.81 bits per heavy atom. The third kappa shape index (κ3) is 2.90. The van der Waals surface area contributed by atoms with E-state index in [1.54, 1.807) is 0 Å². The minimum absolute atomic E-state index is 0.296. The van der Waals surface area contributed by atoms with Crippen molar-refractivity contribution in [3.05, 3.63) is 34.9 Å². The topological polar surface area (TPSA) is 23.6 Å². The Morgan fingerprint density at radius 3 is 2.57 bits per heavy atom. The number of hydrogen-bond donors (Lipinski definition) is 0. The van der Waals surface area contributed by atoms with E-state index in [9.17, 15) is 4.79 Å². The van der Waals surface area contributed by atoms with Crippen LogP contribution in [-0.4, -0.2) is 54.3 Å².